The molecule has 1 rings (SSSR count). The van der Waals surface area contributed by atoms with E-state index in [-0.39, 0.29) is 11.9 Å². The molecular weight excluding hydrogens is 200 g/mol. The summed E-state index contributed by atoms with van der Waals surface area (Å²) in [5.41, 5.74) is -0.0762. The van der Waals surface area contributed by atoms with Gasteiger partial charge in [0, 0.05) is 12.5 Å². The Balaban J connectivity index is 2.50. The van der Waals surface area contributed by atoms with Gasteiger partial charge in [0.25, 0.3) is 0 Å². The highest BCUT2D eigenvalue weighted by Crippen LogP contribution is 2.38. The zero-order valence-electron chi connectivity index (χ0n) is 11.0. The summed E-state index contributed by atoms with van der Waals surface area (Å²) in [7, 11) is 0. The summed E-state index contributed by atoms with van der Waals surface area (Å²) in [5, 5.41) is 0. The Bertz CT molecular complexity index is 215. The molecule has 1 saturated carbocycles. The van der Waals surface area contributed by atoms with E-state index in [4.69, 9.17) is 9.47 Å². The average molecular weight is 226 g/mol. The number of hydrogen-bond acceptors (Lipinski definition) is 2. The Hall–Kier alpha value is -0.340. The highest BCUT2D eigenvalue weighted by molar-refractivity contribution is 4.97. The van der Waals surface area contributed by atoms with Gasteiger partial charge in [-0.2, -0.15) is 0 Å². The van der Waals surface area contributed by atoms with Crippen LogP contribution in [0, 0.1) is 5.92 Å². The van der Waals surface area contributed by atoms with Crippen molar-refractivity contribution < 1.29 is 9.47 Å². The van der Waals surface area contributed by atoms with Crippen molar-refractivity contribution in [2.45, 2.75) is 64.8 Å². The quantitative estimate of drug-likeness (QED) is 0.505. The van der Waals surface area contributed by atoms with Crippen molar-refractivity contribution in [1.82, 2.24) is 0 Å². The molecule has 0 aromatic carbocycles. The van der Waals surface area contributed by atoms with Crippen LogP contribution in [0.5, 0.6) is 0 Å². The molecule has 16 heavy (non-hydrogen) atoms. The predicted octanol–water partition coefficient (Wildman–Crippen LogP) is 3.91. The molecule has 0 aromatic heterocycles. The van der Waals surface area contributed by atoms with Crippen molar-refractivity contribution in [3.8, 4) is 0 Å². The van der Waals surface area contributed by atoms with Crippen LogP contribution in [0.4, 0.5) is 0 Å². The van der Waals surface area contributed by atoms with E-state index in [1.54, 1.807) is 0 Å². The smallest absolute Gasteiger partial charge is 0.155 e. The Morgan fingerprint density at radius 2 is 2.25 bits per heavy atom. The van der Waals surface area contributed by atoms with E-state index in [2.05, 4.69) is 20.4 Å². The van der Waals surface area contributed by atoms with Crippen LogP contribution in [0.25, 0.3) is 0 Å². The number of ether oxygens (including phenoxy) is 2. The van der Waals surface area contributed by atoms with Crippen molar-refractivity contribution in [3.63, 3.8) is 0 Å². The highest BCUT2D eigenvalue weighted by atomic mass is 16.7. The zero-order valence-corrected chi connectivity index (χ0v) is 11.0. The molecular formula is C14H26O2. The zero-order chi connectivity index (χ0) is 12.0. The minimum atomic E-state index is -0.106. The predicted molar refractivity (Wildman–Crippen MR) is 67.4 cm³/mol. The maximum Gasteiger partial charge on any atom is 0.155 e. The van der Waals surface area contributed by atoms with Crippen LogP contribution in [0.1, 0.15) is 52.9 Å². The van der Waals surface area contributed by atoms with Crippen LogP contribution in [-0.4, -0.2) is 18.5 Å². The lowest BCUT2D eigenvalue weighted by molar-refractivity contribution is -0.216. The van der Waals surface area contributed by atoms with E-state index >= 15 is 0 Å². The van der Waals surface area contributed by atoms with Gasteiger partial charge < -0.3 is 9.47 Å². The van der Waals surface area contributed by atoms with Gasteiger partial charge in [0.05, 0.1) is 5.60 Å². The monoisotopic (exact) mass is 226 g/mol. The molecule has 0 saturated heterocycles. The van der Waals surface area contributed by atoms with Crippen LogP contribution >= 0.6 is 0 Å². The molecule has 0 N–H and O–H groups in total. The van der Waals surface area contributed by atoms with E-state index in [1.807, 2.05) is 13.0 Å². The van der Waals surface area contributed by atoms with Crippen LogP contribution in [-0.2, 0) is 9.47 Å². The fourth-order valence-electron chi connectivity index (χ4n) is 2.54. The van der Waals surface area contributed by atoms with Gasteiger partial charge in [0.2, 0.25) is 0 Å². The molecule has 2 heteroatoms. The minimum absolute atomic E-state index is 0.0762. The van der Waals surface area contributed by atoms with E-state index in [9.17, 15) is 0 Å². The summed E-state index contributed by atoms with van der Waals surface area (Å²) < 4.78 is 11.7. The van der Waals surface area contributed by atoms with Gasteiger partial charge in [0.1, 0.15) is 0 Å². The fraction of sp³-hybridized carbons (Fsp3) is 0.857. The Morgan fingerprint density at radius 3 is 2.88 bits per heavy atom. The average Bonchev–Trinajstić information content (AvgIpc) is 2.26. The van der Waals surface area contributed by atoms with Crippen molar-refractivity contribution in [2.24, 2.45) is 5.92 Å². The first-order chi connectivity index (χ1) is 7.62. The first-order valence-electron chi connectivity index (χ1n) is 6.54. The second-order valence-electron chi connectivity index (χ2n) is 4.96. The second-order valence-corrected chi connectivity index (χ2v) is 4.96. The van der Waals surface area contributed by atoms with Crippen LogP contribution < -0.4 is 0 Å². The van der Waals surface area contributed by atoms with Crippen molar-refractivity contribution in [3.05, 3.63) is 12.7 Å². The molecule has 1 fully saturated rings. The summed E-state index contributed by atoms with van der Waals surface area (Å²) in [6, 6.07) is 0. The SMILES string of the molecule is C=CC1CCCCC1(C)OC(C)OCCC. The molecule has 3 atom stereocenters. The summed E-state index contributed by atoms with van der Waals surface area (Å²) in [6.07, 6.45) is 7.83. The summed E-state index contributed by atoms with van der Waals surface area (Å²) in [4.78, 5) is 0. The van der Waals surface area contributed by atoms with E-state index in [0.717, 1.165) is 19.4 Å². The largest absolute Gasteiger partial charge is 0.353 e. The van der Waals surface area contributed by atoms with Crippen molar-refractivity contribution in [1.29, 1.82) is 0 Å². The van der Waals surface area contributed by atoms with Gasteiger partial charge in [-0.05, 0) is 33.1 Å². The lowest BCUT2D eigenvalue weighted by Gasteiger charge is -2.41. The molecule has 0 heterocycles. The first-order valence-corrected chi connectivity index (χ1v) is 6.54. The first kappa shape index (κ1) is 13.7. The van der Waals surface area contributed by atoms with Gasteiger partial charge >= 0.3 is 0 Å². The third-order valence-electron chi connectivity index (χ3n) is 3.50. The summed E-state index contributed by atoms with van der Waals surface area (Å²) >= 11 is 0. The fourth-order valence-corrected chi connectivity index (χ4v) is 2.54. The maximum atomic E-state index is 6.09. The molecule has 0 radical (unpaired) electrons. The van der Waals surface area contributed by atoms with Crippen LogP contribution in [0.3, 0.4) is 0 Å². The molecule has 1 aliphatic rings. The molecule has 94 valence electrons. The van der Waals surface area contributed by atoms with Gasteiger partial charge in [-0.25, -0.2) is 0 Å². The van der Waals surface area contributed by atoms with E-state index in [0.29, 0.717) is 5.92 Å². The minimum Gasteiger partial charge on any atom is -0.353 e. The van der Waals surface area contributed by atoms with E-state index in [1.165, 1.54) is 19.3 Å². The van der Waals surface area contributed by atoms with Crippen LogP contribution in [0.15, 0.2) is 12.7 Å². The lowest BCUT2D eigenvalue weighted by atomic mass is 9.76. The van der Waals surface area contributed by atoms with Gasteiger partial charge in [0.15, 0.2) is 6.29 Å². The Morgan fingerprint density at radius 1 is 1.50 bits per heavy atom. The molecule has 0 aromatic rings. The number of rotatable bonds is 6. The summed E-state index contributed by atoms with van der Waals surface area (Å²) in [5.74, 6) is 0.467. The molecule has 3 unspecified atom stereocenters. The third kappa shape index (κ3) is 3.60. The molecule has 2 nitrogen and oxygen atoms in total. The Labute approximate surface area is 100 Å². The van der Waals surface area contributed by atoms with Crippen molar-refractivity contribution in [2.75, 3.05) is 6.61 Å². The maximum absolute atomic E-state index is 6.09. The van der Waals surface area contributed by atoms with Gasteiger partial charge in [-0.15, -0.1) is 6.58 Å². The van der Waals surface area contributed by atoms with Gasteiger partial charge in [-0.1, -0.05) is 25.8 Å². The molecule has 0 amide bonds. The topological polar surface area (TPSA) is 18.5 Å². The van der Waals surface area contributed by atoms with Crippen LogP contribution in [0.2, 0.25) is 0 Å². The number of hydrogen-bond donors (Lipinski definition) is 0. The normalized spacial score (nSPS) is 32.3. The molecule has 0 spiro atoms. The van der Waals surface area contributed by atoms with Crippen molar-refractivity contribution >= 4 is 0 Å². The van der Waals surface area contributed by atoms with Gasteiger partial charge in [-0.3, -0.25) is 0 Å². The second kappa shape index (κ2) is 6.41. The Kier molecular flexibility index (Phi) is 5.50. The molecule has 1 aliphatic carbocycles. The third-order valence-corrected chi connectivity index (χ3v) is 3.50. The van der Waals surface area contributed by atoms with E-state index < -0.39 is 0 Å². The highest BCUT2D eigenvalue weighted by Gasteiger charge is 2.37. The molecule has 0 aliphatic heterocycles. The molecule has 0 bridgehead atoms. The summed E-state index contributed by atoms with van der Waals surface area (Å²) in [6.45, 7) is 11.0. The lowest BCUT2D eigenvalue weighted by Crippen LogP contribution is -2.42. The standard InChI is InChI=1S/C14H26O2/c1-5-11-15-12(3)16-14(4)10-8-7-9-13(14)6-2/h6,12-13H,2,5,7-11H2,1,3-4H3.